The number of nitrogens with one attached hydrogen (secondary N) is 1. The maximum atomic E-state index is 5.29. The topological polar surface area (TPSA) is 68.6 Å². The van der Waals surface area contributed by atoms with E-state index in [2.05, 4.69) is 47.6 Å². The summed E-state index contributed by atoms with van der Waals surface area (Å²) in [6.07, 6.45) is 5.16. The zero-order valence-corrected chi connectivity index (χ0v) is 19.6. The highest BCUT2D eigenvalue weighted by atomic mass is 16.5. The van der Waals surface area contributed by atoms with E-state index in [4.69, 9.17) is 14.5 Å². The molecular formula is C27H28N4O2. The minimum absolute atomic E-state index is 0.273. The van der Waals surface area contributed by atoms with Crippen LogP contribution in [-0.2, 0) is 0 Å². The van der Waals surface area contributed by atoms with Crippen molar-refractivity contribution in [1.82, 2.24) is 9.97 Å². The summed E-state index contributed by atoms with van der Waals surface area (Å²) >= 11 is 0. The molecule has 0 saturated heterocycles. The SMILES string of the molecule is C=CC(=Nc1cccc(C)c1Nc1ncc(C#Cc2cc(OC)cc(OC)c2)cn1)C(C)C. The summed E-state index contributed by atoms with van der Waals surface area (Å²) in [6, 6.07) is 11.5. The third-order valence-electron chi connectivity index (χ3n) is 4.89. The number of para-hydroxylation sites is 1. The van der Waals surface area contributed by atoms with Crippen LogP contribution in [-0.4, -0.2) is 29.9 Å². The Kier molecular flexibility index (Phi) is 7.82. The number of rotatable bonds is 7. The van der Waals surface area contributed by atoms with Crippen LogP contribution in [0.4, 0.5) is 17.3 Å². The molecule has 3 rings (SSSR count). The second-order valence-corrected chi connectivity index (χ2v) is 7.64. The van der Waals surface area contributed by atoms with E-state index < -0.39 is 0 Å². The molecule has 0 aliphatic carbocycles. The molecule has 0 amide bonds. The van der Waals surface area contributed by atoms with E-state index in [1.807, 2.05) is 37.3 Å². The van der Waals surface area contributed by atoms with E-state index >= 15 is 0 Å². The van der Waals surface area contributed by atoms with Gasteiger partial charge in [0.1, 0.15) is 11.5 Å². The number of methoxy groups -OCH3 is 2. The van der Waals surface area contributed by atoms with Crippen molar-refractivity contribution in [2.24, 2.45) is 10.9 Å². The van der Waals surface area contributed by atoms with E-state index in [1.165, 1.54) is 0 Å². The number of anilines is 2. The Morgan fingerprint density at radius 2 is 1.67 bits per heavy atom. The van der Waals surface area contributed by atoms with Crippen LogP contribution in [0.1, 0.15) is 30.5 Å². The van der Waals surface area contributed by atoms with E-state index in [9.17, 15) is 0 Å². The minimum Gasteiger partial charge on any atom is -0.497 e. The van der Waals surface area contributed by atoms with Crippen molar-refractivity contribution >= 4 is 23.0 Å². The fourth-order valence-corrected chi connectivity index (χ4v) is 3.05. The first-order valence-corrected chi connectivity index (χ1v) is 10.6. The summed E-state index contributed by atoms with van der Waals surface area (Å²) in [5, 5.41) is 3.30. The van der Waals surface area contributed by atoms with Crippen LogP contribution >= 0.6 is 0 Å². The fraction of sp³-hybridized carbons (Fsp3) is 0.222. The molecule has 6 nitrogen and oxygen atoms in total. The normalized spacial score (nSPS) is 10.9. The Morgan fingerprint density at radius 1 is 1.03 bits per heavy atom. The Labute approximate surface area is 195 Å². The Balaban J connectivity index is 1.84. The molecule has 1 N–H and O–H groups in total. The maximum absolute atomic E-state index is 5.29. The number of hydrogen-bond donors (Lipinski definition) is 1. The Hall–Kier alpha value is -4.11. The molecule has 1 heterocycles. The van der Waals surface area contributed by atoms with Crippen LogP contribution < -0.4 is 14.8 Å². The Morgan fingerprint density at radius 3 is 2.24 bits per heavy atom. The van der Waals surface area contributed by atoms with E-state index in [1.54, 1.807) is 38.8 Å². The highest BCUT2D eigenvalue weighted by Gasteiger charge is 2.09. The lowest BCUT2D eigenvalue weighted by Gasteiger charge is -2.13. The Bertz CT molecular complexity index is 1200. The second-order valence-electron chi connectivity index (χ2n) is 7.64. The summed E-state index contributed by atoms with van der Waals surface area (Å²) in [4.78, 5) is 13.6. The quantitative estimate of drug-likeness (QED) is 0.368. The van der Waals surface area contributed by atoms with Gasteiger partial charge in [0, 0.05) is 29.7 Å². The molecule has 0 spiro atoms. The van der Waals surface area contributed by atoms with Gasteiger partial charge in [0.2, 0.25) is 5.95 Å². The highest BCUT2D eigenvalue weighted by Crippen LogP contribution is 2.31. The van der Waals surface area contributed by atoms with Gasteiger partial charge in [-0.1, -0.05) is 44.4 Å². The largest absolute Gasteiger partial charge is 0.497 e. The molecule has 0 aliphatic rings. The van der Waals surface area contributed by atoms with Gasteiger partial charge in [0.25, 0.3) is 0 Å². The third kappa shape index (κ3) is 6.20. The van der Waals surface area contributed by atoms with Crippen molar-refractivity contribution in [2.45, 2.75) is 20.8 Å². The standard InChI is InChI=1S/C27H28N4O2/c1-7-24(18(2)3)30-25-10-8-9-19(4)26(25)31-27-28-16-21(17-29-27)12-11-20-13-22(32-5)15-23(14-20)33-6/h7-10,13-18H,1H2,2-6H3,(H,28,29,31). The molecule has 0 unspecified atom stereocenters. The molecular weight excluding hydrogens is 412 g/mol. The molecule has 3 aromatic rings. The lowest BCUT2D eigenvalue weighted by atomic mass is 10.1. The molecule has 2 aromatic carbocycles. The number of aromatic nitrogens is 2. The molecule has 0 fully saturated rings. The van der Waals surface area contributed by atoms with Gasteiger partial charge in [0.05, 0.1) is 31.2 Å². The zero-order valence-electron chi connectivity index (χ0n) is 19.6. The van der Waals surface area contributed by atoms with Crippen LogP contribution in [0.3, 0.4) is 0 Å². The number of hydrogen-bond acceptors (Lipinski definition) is 6. The van der Waals surface area contributed by atoms with Gasteiger partial charge in [-0.3, -0.25) is 4.99 Å². The molecule has 0 radical (unpaired) electrons. The van der Waals surface area contributed by atoms with Crippen LogP contribution in [0.25, 0.3) is 0 Å². The van der Waals surface area contributed by atoms with Crippen molar-refractivity contribution in [2.75, 3.05) is 19.5 Å². The molecule has 1 aromatic heterocycles. The van der Waals surface area contributed by atoms with Crippen LogP contribution in [0, 0.1) is 24.7 Å². The number of aryl methyl sites for hydroxylation is 1. The molecule has 0 aliphatic heterocycles. The average molecular weight is 441 g/mol. The van der Waals surface area contributed by atoms with Crippen molar-refractivity contribution in [3.63, 3.8) is 0 Å². The second kappa shape index (κ2) is 11.0. The first-order chi connectivity index (χ1) is 15.9. The number of aliphatic imine (C=N–C) groups is 1. The smallest absolute Gasteiger partial charge is 0.227 e. The van der Waals surface area contributed by atoms with Crippen molar-refractivity contribution < 1.29 is 9.47 Å². The lowest BCUT2D eigenvalue weighted by Crippen LogP contribution is -2.04. The molecule has 168 valence electrons. The first-order valence-electron chi connectivity index (χ1n) is 10.6. The van der Waals surface area contributed by atoms with E-state index in [0.717, 1.165) is 28.2 Å². The summed E-state index contributed by atoms with van der Waals surface area (Å²) in [7, 11) is 3.22. The summed E-state index contributed by atoms with van der Waals surface area (Å²) in [5.74, 6) is 8.29. The van der Waals surface area contributed by atoms with Crippen LogP contribution in [0.2, 0.25) is 0 Å². The molecule has 0 atom stereocenters. The van der Waals surface area contributed by atoms with Gasteiger partial charge in [-0.05, 0) is 42.7 Å². The first kappa shape index (κ1) is 23.6. The predicted octanol–water partition coefficient (Wildman–Crippen LogP) is 5.86. The summed E-state index contributed by atoms with van der Waals surface area (Å²) in [6.45, 7) is 10.1. The van der Waals surface area contributed by atoms with Crippen molar-refractivity contribution in [3.8, 4) is 23.3 Å². The summed E-state index contributed by atoms with van der Waals surface area (Å²) < 4.78 is 10.6. The third-order valence-corrected chi connectivity index (χ3v) is 4.89. The van der Waals surface area contributed by atoms with Gasteiger partial charge in [-0.25, -0.2) is 9.97 Å². The molecule has 33 heavy (non-hydrogen) atoms. The number of allylic oxidation sites excluding steroid dienone is 1. The fourth-order valence-electron chi connectivity index (χ4n) is 3.05. The van der Waals surface area contributed by atoms with Gasteiger partial charge >= 0.3 is 0 Å². The number of benzene rings is 2. The van der Waals surface area contributed by atoms with Gasteiger partial charge in [0.15, 0.2) is 0 Å². The number of nitrogens with zero attached hydrogens (tertiary/aromatic N) is 3. The average Bonchev–Trinajstić information content (AvgIpc) is 2.83. The molecule has 6 heteroatoms. The van der Waals surface area contributed by atoms with Crippen molar-refractivity contribution in [3.05, 3.63) is 78.1 Å². The van der Waals surface area contributed by atoms with E-state index in [0.29, 0.717) is 23.0 Å². The lowest BCUT2D eigenvalue weighted by molar-refractivity contribution is 0.394. The minimum atomic E-state index is 0.273. The zero-order chi connectivity index (χ0) is 23.8. The monoisotopic (exact) mass is 440 g/mol. The maximum Gasteiger partial charge on any atom is 0.227 e. The predicted molar refractivity (Wildman–Crippen MR) is 134 cm³/mol. The van der Waals surface area contributed by atoms with Gasteiger partial charge < -0.3 is 14.8 Å². The summed E-state index contributed by atoms with van der Waals surface area (Å²) in [5.41, 5.74) is 5.11. The molecule has 0 bridgehead atoms. The van der Waals surface area contributed by atoms with Gasteiger partial charge in [-0.2, -0.15) is 0 Å². The van der Waals surface area contributed by atoms with Gasteiger partial charge in [-0.15, -0.1) is 0 Å². The van der Waals surface area contributed by atoms with Crippen LogP contribution in [0.15, 0.2) is 66.4 Å². The highest BCUT2D eigenvalue weighted by molar-refractivity contribution is 5.98. The van der Waals surface area contributed by atoms with Crippen LogP contribution in [0.5, 0.6) is 11.5 Å². The van der Waals surface area contributed by atoms with E-state index in [-0.39, 0.29) is 5.92 Å². The van der Waals surface area contributed by atoms with Crippen molar-refractivity contribution in [1.29, 1.82) is 0 Å². The number of ether oxygens (including phenoxy) is 2. The molecule has 0 saturated carbocycles.